The highest BCUT2D eigenvalue weighted by atomic mass is 35.5. The molecule has 2 aliphatic rings. The van der Waals surface area contributed by atoms with E-state index in [0.29, 0.717) is 25.4 Å². The van der Waals surface area contributed by atoms with Crippen molar-refractivity contribution in [3.05, 3.63) is 11.6 Å². The van der Waals surface area contributed by atoms with E-state index in [9.17, 15) is 9.59 Å². The normalized spacial score (nSPS) is 29.4. The van der Waals surface area contributed by atoms with E-state index >= 15 is 0 Å². The molecule has 1 aliphatic carbocycles. The summed E-state index contributed by atoms with van der Waals surface area (Å²) < 4.78 is 0. The molecule has 2 fully saturated rings. The van der Waals surface area contributed by atoms with Crippen LogP contribution in [0, 0.1) is 11.8 Å². The number of aliphatic carboxylic acids is 1. The van der Waals surface area contributed by atoms with Crippen LogP contribution in [0.1, 0.15) is 32.6 Å². The predicted octanol–water partition coefficient (Wildman–Crippen LogP) is 2.09. The van der Waals surface area contributed by atoms with Crippen LogP contribution in [0.5, 0.6) is 0 Å². The number of carbonyl (C=O) groups excluding carboxylic acids is 1. The van der Waals surface area contributed by atoms with Gasteiger partial charge in [0.1, 0.15) is 0 Å². The molecule has 0 aromatic carbocycles. The van der Waals surface area contributed by atoms with Gasteiger partial charge in [-0.3, -0.25) is 9.59 Å². The van der Waals surface area contributed by atoms with E-state index in [1.807, 2.05) is 0 Å². The minimum absolute atomic E-state index is 0. The molecule has 5 heteroatoms. The molecule has 0 aromatic heterocycles. The number of hydrogen-bond acceptors (Lipinski definition) is 2. The zero-order valence-corrected chi connectivity index (χ0v) is 11.4. The van der Waals surface area contributed by atoms with Gasteiger partial charge >= 0.3 is 5.97 Å². The fraction of sp³-hybridized carbons (Fsp3) is 0.692. The summed E-state index contributed by atoms with van der Waals surface area (Å²) in [5.41, 5.74) is 1.22. The first-order chi connectivity index (χ1) is 8.06. The predicted molar refractivity (Wildman–Crippen MR) is 70.7 cm³/mol. The molecule has 2 unspecified atom stereocenters. The summed E-state index contributed by atoms with van der Waals surface area (Å²) in [6.07, 6.45) is 5.51. The topological polar surface area (TPSA) is 57.6 Å². The van der Waals surface area contributed by atoms with Gasteiger partial charge in [0.05, 0.1) is 5.92 Å². The molecule has 1 saturated heterocycles. The smallest absolute Gasteiger partial charge is 0.308 e. The summed E-state index contributed by atoms with van der Waals surface area (Å²) in [6, 6.07) is 0. The van der Waals surface area contributed by atoms with Crippen LogP contribution in [0.15, 0.2) is 11.6 Å². The summed E-state index contributed by atoms with van der Waals surface area (Å²) in [6.45, 7) is 3.14. The molecule has 1 heterocycles. The van der Waals surface area contributed by atoms with Crippen LogP contribution >= 0.6 is 12.4 Å². The van der Waals surface area contributed by atoms with Crippen molar-refractivity contribution in [2.24, 2.45) is 11.8 Å². The Labute approximate surface area is 113 Å². The summed E-state index contributed by atoms with van der Waals surface area (Å²) in [5, 5.41) is 8.88. The molecule has 0 spiro atoms. The van der Waals surface area contributed by atoms with Crippen LogP contribution in [0.2, 0.25) is 0 Å². The maximum Gasteiger partial charge on any atom is 0.308 e. The maximum absolute atomic E-state index is 11.9. The standard InChI is InChI=1S/C13H19NO3.ClH/c1-9-2-3-10(6-9)7-12(15)14-5-4-11(8-14)13(16)17;/h7,9,11H,2-6,8H2,1H3,(H,16,17);1H. The SMILES string of the molecule is CC1CCC(=CC(=O)N2CCC(C(=O)O)C2)C1.Cl. The average Bonchev–Trinajstić information content (AvgIpc) is 2.86. The van der Waals surface area contributed by atoms with Crippen molar-refractivity contribution in [3.8, 4) is 0 Å². The number of likely N-dealkylation sites (tertiary alicyclic amines) is 1. The van der Waals surface area contributed by atoms with E-state index in [2.05, 4.69) is 6.92 Å². The van der Waals surface area contributed by atoms with Crippen molar-refractivity contribution in [2.75, 3.05) is 13.1 Å². The van der Waals surface area contributed by atoms with E-state index < -0.39 is 5.97 Å². The van der Waals surface area contributed by atoms with Crippen LogP contribution in [0.25, 0.3) is 0 Å². The van der Waals surface area contributed by atoms with Gasteiger partial charge in [-0.15, -0.1) is 12.4 Å². The molecule has 0 radical (unpaired) electrons. The summed E-state index contributed by atoms with van der Waals surface area (Å²) in [7, 11) is 0. The van der Waals surface area contributed by atoms with Gasteiger partial charge in [-0.25, -0.2) is 0 Å². The van der Waals surface area contributed by atoms with E-state index in [1.54, 1.807) is 11.0 Å². The lowest BCUT2D eigenvalue weighted by Crippen LogP contribution is -2.28. The molecule has 1 amide bonds. The third kappa shape index (κ3) is 3.48. The zero-order chi connectivity index (χ0) is 12.4. The van der Waals surface area contributed by atoms with Gasteiger partial charge < -0.3 is 10.0 Å². The number of carbonyl (C=O) groups is 2. The van der Waals surface area contributed by atoms with E-state index in [0.717, 1.165) is 19.3 Å². The van der Waals surface area contributed by atoms with Crippen molar-refractivity contribution in [2.45, 2.75) is 32.6 Å². The molecule has 18 heavy (non-hydrogen) atoms. The molecule has 102 valence electrons. The Bertz CT molecular complexity index is 367. The van der Waals surface area contributed by atoms with Crippen molar-refractivity contribution in [1.29, 1.82) is 0 Å². The molecule has 0 aromatic rings. The van der Waals surface area contributed by atoms with E-state index in [1.165, 1.54) is 5.57 Å². The molecular weight excluding hydrogens is 254 g/mol. The Kier molecular flexibility index (Phi) is 5.20. The molecule has 4 nitrogen and oxygen atoms in total. The van der Waals surface area contributed by atoms with Gasteiger partial charge in [-0.1, -0.05) is 12.5 Å². The van der Waals surface area contributed by atoms with Crippen LogP contribution in [0.3, 0.4) is 0 Å². The first-order valence-electron chi connectivity index (χ1n) is 6.27. The van der Waals surface area contributed by atoms with Gasteiger partial charge in [0.2, 0.25) is 5.91 Å². The number of carboxylic acid groups (broad SMARTS) is 1. The fourth-order valence-corrected chi connectivity index (χ4v) is 2.64. The van der Waals surface area contributed by atoms with Gasteiger partial charge in [0.25, 0.3) is 0 Å². The number of allylic oxidation sites excluding steroid dienone is 1. The number of hydrogen-bond donors (Lipinski definition) is 1. The third-order valence-electron chi connectivity index (χ3n) is 3.75. The lowest BCUT2D eigenvalue weighted by Gasteiger charge is -2.13. The number of rotatable bonds is 2. The van der Waals surface area contributed by atoms with Crippen molar-refractivity contribution >= 4 is 24.3 Å². The highest BCUT2D eigenvalue weighted by Gasteiger charge is 2.30. The second kappa shape index (κ2) is 6.23. The Balaban J connectivity index is 0.00000162. The lowest BCUT2D eigenvalue weighted by molar-refractivity contribution is -0.141. The van der Waals surface area contributed by atoms with Crippen LogP contribution in [-0.4, -0.2) is 35.0 Å². The molecule has 0 bridgehead atoms. The van der Waals surface area contributed by atoms with Gasteiger partial charge in [0, 0.05) is 19.2 Å². The third-order valence-corrected chi connectivity index (χ3v) is 3.75. The Hall–Kier alpha value is -1.03. The Morgan fingerprint density at radius 3 is 2.61 bits per heavy atom. The molecule has 1 N–H and O–H groups in total. The highest BCUT2D eigenvalue weighted by molar-refractivity contribution is 5.89. The highest BCUT2D eigenvalue weighted by Crippen LogP contribution is 2.29. The second-order valence-electron chi connectivity index (χ2n) is 5.26. The Morgan fingerprint density at radius 2 is 2.11 bits per heavy atom. The molecule has 2 rings (SSSR count). The number of amides is 1. The first-order valence-corrected chi connectivity index (χ1v) is 6.27. The van der Waals surface area contributed by atoms with Crippen LogP contribution in [-0.2, 0) is 9.59 Å². The monoisotopic (exact) mass is 273 g/mol. The summed E-state index contributed by atoms with van der Waals surface area (Å²) in [4.78, 5) is 24.4. The van der Waals surface area contributed by atoms with Crippen LogP contribution < -0.4 is 0 Å². The minimum atomic E-state index is -0.789. The molecule has 1 aliphatic heterocycles. The molecular formula is C13H20ClNO3. The zero-order valence-electron chi connectivity index (χ0n) is 10.6. The first kappa shape index (κ1) is 15.0. The van der Waals surface area contributed by atoms with Crippen molar-refractivity contribution < 1.29 is 14.7 Å². The Morgan fingerprint density at radius 1 is 1.39 bits per heavy atom. The van der Waals surface area contributed by atoms with E-state index in [4.69, 9.17) is 5.11 Å². The lowest BCUT2D eigenvalue weighted by atomic mass is 10.1. The largest absolute Gasteiger partial charge is 0.481 e. The number of nitrogens with zero attached hydrogens (tertiary/aromatic N) is 1. The minimum Gasteiger partial charge on any atom is -0.481 e. The van der Waals surface area contributed by atoms with Gasteiger partial charge in [0.15, 0.2) is 0 Å². The van der Waals surface area contributed by atoms with E-state index in [-0.39, 0.29) is 24.2 Å². The molecule has 2 atom stereocenters. The molecule has 1 saturated carbocycles. The second-order valence-corrected chi connectivity index (χ2v) is 5.26. The fourth-order valence-electron chi connectivity index (χ4n) is 2.64. The van der Waals surface area contributed by atoms with Crippen LogP contribution in [0.4, 0.5) is 0 Å². The quantitative estimate of drug-likeness (QED) is 0.784. The number of halogens is 1. The maximum atomic E-state index is 11.9. The number of carboxylic acids is 1. The van der Waals surface area contributed by atoms with Gasteiger partial charge in [-0.2, -0.15) is 0 Å². The van der Waals surface area contributed by atoms with Crippen molar-refractivity contribution in [1.82, 2.24) is 4.90 Å². The summed E-state index contributed by atoms with van der Waals surface area (Å²) >= 11 is 0. The average molecular weight is 274 g/mol. The summed E-state index contributed by atoms with van der Waals surface area (Å²) in [5.74, 6) is -0.487. The van der Waals surface area contributed by atoms with Gasteiger partial charge in [-0.05, 0) is 31.6 Å². The van der Waals surface area contributed by atoms with Crippen molar-refractivity contribution in [3.63, 3.8) is 0 Å².